The third kappa shape index (κ3) is 6.82. The fourth-order valence-corrected chi connectivity index (χ4v) is 2.08. The zero-order chi connectivity index (χ0) is 15.7. The molecule has 0 spiro atoms. The van der Waals surface area contributed by atoms with E-state index in [4.69, 9.17) is 15.6 Å². The Labute approximate surface area is 128 Å². The highest BCUT2D eigenvalue weighted by atomic mass is 16.5. The molecule has 0 saturated heterocycles. The van der Waals surface area contributed by atoms with E-state index in [0.717, 1.165) is 31.6 Å². The quantitative estimate of drug-likeness (QED) is 0.458. The SMILES string of the molecule is CCC(CO)NCCCc1ccc(OCC(C)C)c(N)c1. The first-order chi connectivity index (χ1) is 10.1. The Morgan fingerprint density at radius 3 is 2.67 bits per heavy atom. The van der Waals surface area contributed by atoms with Gasteiger partial charge in [0.15, 0.2) is 0 Å². The molecule has 0 bridgehead atoms. The predicted octanol–water partition coefficient (Wildman–Crippen LogP) is 2.60. The fraction of sp³-hybridized carbons (Fsp3) is 0.647. The van der Waals surface area contributed by atoms with Crippen molar-refractivity contribution in [1.82, 2.24) is 5.32 Å². The van der Waals surface area contributed by atoms with E-state index in [2.05, 4.69) is 32.2 Å². The average molecular weight is 294 g/mol. The standard InChI is InChI=1S/C17H30N2O2/c1-4-15(11-20)19-9-5-6-14-7-8-17(16(18)10-14)21-12-13(2)3/h7-8,10,13,15,19-20H,4-6,9,11-12,18H2,1-3H3. The van der Waals surface area contributed by atoms with Crippen molar-refractivity contribution in [3.8, 4) is 5.75 Å². The van der Waals surface area contributed by atoms with E-state index in [1.165, 1.54) is 5.56 Å². The van der Waals surface area contributed by atoms with Gasteiger partial charge in [0.2, 0.25) is 0 Å². The summed E-state index contributed by atoms with van der Waals surface area (Å²) in [4.78, 5) is 0. The number of aliphatic hydroxyl groups is 1. The normalized spacial score (nSPS) is 12.6. The molecule has 0 aromatic heterocycles. The first kappa shape index (κ1) is 17.8. The molecule has 21 heavy (non-hydrogen) atoms. The zero-order valence-electron chi connectivity index (χ0n) is 13.6. The van der Waals surface area contributed by atoms with Crippen LogP contribution in [0.15, 0.2) is 18.2 Å². The summed E-state index contributed by atoms with van der Waals surface area (Å²) in [7, 11) is 0. The van der Waals surface area contributed by atoms with Gasteiger partial charge in [-0.05, 0) is 49.4 Å². The molecule has 0 aliphatic carbocycles. The van der Waals surface area contributed by atoms with E-state index in [1.807, 2.05) is 12.1 Å². The number of anilines is 1. The molecule has 1 aromatic carbocycles. The summed E-state index contributed by atoms with van der Waals surface area (Å²) in [5.74, 6) is 1.27. The molecular formula is C17H30N2O2. The minimum absolute atomic E-state index is 0.200. The van der Waals surface area contributed by atoms with Gasteiger partial charge < -0.3 is 20.9 Å². The molecule has 1 unspecified atom stereocenters. The lowest BCUT2D eigenvalue weighted by atomic mass is 10.1. The molecule has 4 nitrogen and oxygen atoms in total. The predicted molar refractivity (Wildman–Crippen MR) is 88.7 cm³/mol. The molecule has 0 saturated carbocycles. The molecule has 120 valence electrons. The number of nitrogens with one attached hydrogen (secondary N) is 1. The van der Waals surface area contributed by atoms with Gasteiger partial charge in [0, 0.05) is 6.04 Å². The lowest BCUT2D eigenvalue weighted by molar-refractivity contribution is 0.239. The van der Waals surface area contributed by atoms with E-state index in [-0.39, 0.29) is 12.6 Å². The van der Waals surface area contributed by atoms with Crippen molar-refractivity contribution in [2.24, 2.45) is 5.92 Å². The number of nitrogen functional groups attached to an aromatic ring is 1. The number of hydrogen-bond donors (Lipinski definition) is 3. The van der Waals surface area contributed by atoms with Crippen molar-refractivity contribution in [3.63, 3.8) is 0 Å². The first-order valence-corrected chi connectivity index (χ1v) is 7.92. The molecule has 4 N–H and O–H groups in total. The number of rotatable bonds is 10. The van der Waals surface area contributed by atoms with Crippen LogP contribution in [0.5, 0.6) is 5.75 Å². The van der Waals surface area contributed by atoms with Gasteiger partial charge in [-0.15, -0.1) is 0 Å². The Balaban J connectivity index is 2.38. The van der Waals surface area contributed by atoms with Gasteiger partial charge in [-0.25, -0.2) is 0 Å². The van der Waals surface area contributed by atoms with Crippen LogP contribution >= 0.6 is 0 Å². The van der Waals surface area contributed by atoms with Crippen molar-refractivity contribution < 1.29 is 9.84 Å². The summed E-state index contributed by atoms with van der Waals surface area (Å²) >= 11 is 0. The lowest BCUT2D eigenvalue weighted by Gasteiger charge is -2.14. The lowest BCUT2D eigenvalue weighted by Crippen LogP contribution is -2.32. The second kappa shape index (κ2) is 9.64. The van der Waals surface area contributed by atoms with Crippen LogP contribution in [0, 0.1) is 5.92 Å². The molecule has 1 aromatic rings. The number of benzene rings is 1. The maximum atomic E-state index is 9.11. The van der Waals surface area contributed by atoms with Gasteiger partial charge in [-0.2, -0.15) is 0 Å². The van der Waals surface area contributed by atoms with Gasteiger partial charge in [0.1, 0.15) is 5.75 Å². The van der Waals surface area contributed by atoms with E-state index in [0.29, 0.717) is 18.2 Å². The Kier molecular flexibility index (Phi) is 8.16. The number of hydrogen-bond acceptors (Lipinski definition) is 4. The topological polar surface area (TPSA) is 67.5 Å². The van der Waals surface area contributed by atoms with Gasteiger partial charge >= 0.3 is 0 Å². The third-order valence-electron chi connectivity index (χ3n) is 3.43. The van der Waals surface area contributed by atoms with Crippen molar-refractivity contribution in [2.45, 2.75) is 46.1 Å². The second-order valence-corrected chi connectivity index (χ2v) is 5.92. The summed E-state index contributed by atoms with van der Waals surface area (Å²) in [6, 6.07) is 6.25. The van der Waals surface area contributed by atoms with E-state index in [1.54, 1.807) is 0 Å². The fourth-order valence-electron chi connectivity index (χ4n) is 2.08. The highest BCUT2D eigenvalue weighted by Crippen LogP contribution is 2.23. The third-order valence-corrected chi connectivity index (χ3v) is 3.43. The number of aryl methyl sites for hydroxylation is 1. The largest absolute Gasteiger partial charge is 0.491 e. The van der Waals surface area contributed by atoms with E-state index in [9.17, 15) is 0 Å². The summed E-state index contributed by atoms with van der Waals surface area (Å²) in [5.41, 5.74) is 7.97. The summed E-state index contributed by atoms with van der Waals surface area (Å²) in [6.45, 7) is 8.11. The Hall–Kier alpha value is -1.26. The number of nitrogens with two attached hydrogens (primary N) is 1. The minimum Gasteiger partial charge on any atom is -0.491 e. The Bertz CT molecular complexity index is 404. The molecular weight excluding hydrogens is 264 g/mol. The van der Waals surface area contributed by atoms with Crippen LogP contribution in [0.25, 0.3) is 0 Å². The average Bonchev–Trinajstić information content (AvgIpc) is 2.46. The van der Waals surface area contributed by atoms with Crippen molar-refractivity contribution in [2.75, 3.05) is 25.5 Å². The Morgan fingerprint density at radius 2 is 2.10 bits per heavy atom. The maximum absolute atomic E-state index is 9.11. The molecule has 0 radical (unpaired) electrons. The zero-order valence-corrected chi connectivity index (χ0v) is 13.6. The summed E-state index contributed by atoms with van der Waals surface area (Å²) in [6.07, 6.45) is 2.96. The monoisotopic (exact) mass is 294 g/mol. The van der Waals surface area contributed by atoms with Crippen LogP contribution in [-0.2, 0) is 6.42 Å². The van der Waals surface area contributed by atoms with Crippen molar-refractivity contribution in [1.29, 1.82) is 0 Å². The van der Waals surface area contributed by atoms with Crippen LogP contribution in [0.1, 0.15) is 39.2 Å². The van der Waals surface area contributed by atoms with Crippen LogP contribution < -0.4 is 15.8 Å². The molecule has 1 rings (SSSR count). The number of ether oxygens (including phenoxy) is 1. The molecule has 0 fully saturated rings. The van der Waals surface area contributed by atoms with Crippen LogP contribution in [0.2, 0.25) is 0 Å². The first-order valence-electron chi connectivity index (χ1n) is 7.92. The summed E-state index contributed by atoms with van der Waals surface area (Å²) in [5, 5.41) is 12.4. The van der Waals surface area contributed by atoms with E-state index >= 15 is 0 Å². The smallest absolute Gasteiger partial charge is 0.142 e. The molecule has 0 aliphatic heterocycles. The molecule has 0 heterocycles. The van der Waals surface area contributed by atoms with Gasteiger partial charge in [-0.3, -0.25) is 0 Å². The van der Waals surface area contributed by atoms with E-state index < -0.39 is 0 Å². The molecule has 0 aliphatic rings. The molecule has 0 amide bonds. The van der Waals surface area contributed by atoms with Crippen molar-refractivity contribution in [3.05, 3.63) is 23.8 Å². The number of aliphatic hydroxyl groups excluding tert-OH is 1. The molecule has 4 heteroatoms. The summed E-state index contributed by atoms with van der Waals surface area (Å²) < 4.78 is 5.67. The van der Waals surface area contributed by atoms with Gasteiger partial charge in [0.25, 0.3) is 0 Å². The van der Waals surface area contributed by atoms with Gasteiger partial charge in [0.05, 0.1) is 18.9 Å². The highest BCUT2D eigenvalue weighted by Gasteiger charge is 2.05. The van der Waals surface area contributed by atoms with Crippen LogP contribution in [-0.4, -0.2) is 30.9 Å². The van der Waals surface area contributed by atoms with Gasteiger partial charge in [-0.1, -0.05) is 26.8 Å². The van der Waals surface area contributed by atoms with Crippen LogP contribution in [0.3, 0.4) is 0 Å². The van der Waals surface area contributed by atoms with Crippen LogP contribution in [0.4, 0.5) is 5.69 Å². The minimum atomic E-state index is 0.200. The Morgan fingerprint density at radius 1 is 1.33 bits per heavy atom. The highest BCUT2D eigenvalue weighted by molar-refractivity contribution is 5.54. The van der Waals surface area contributed by atoms with Crippen molar-refractivity contribution >= 4 is 5.69 Å². The maximum Gasteiger partial charge on any atom is 0.142 e. The second-order valence-electron chi connectivity index (χ2n) is 5.92. The molecule has 1 atom stereocenters.